The summed E-state index contributed by atoms with van der Waals surface area (Å²) in [5.74, 6) is -4.75. The topological polar surface area (TPSA) is 42.0 Å². The molecule has 0 saturated heterocycles. The van der Waals surface area contributed by atoms with E-state index in [1.54, 1.807) is 12.1 Å². The van der Waals surface area contributed by atoms with Crippen LogP contribution in [0.2, 0.25) is 0 Å². The van der Waals surface area contributed by atoms with Crippen LogP contribution in [0, 0.1) is 17.5 Å². The minimum atomic E-state index is -1.58. The van der Waals surface area contributed by atoms with E-state index in [9.17, 15) is 18.0 Å². The second-order valence-electron chi connectivity index (χ2n) is 3.80. The summed E-state index contributed by atoms with van der Waals surface area (Å²) in [5.41, 5.74) is 0.232. The van der Waals surface area contributed by atoms with Gasteiger partial charge in [0.05, 0.1) is 18.3 Å². The van der Waals surface area contributed by atoms with Crippen molar-refractivity contribution in [1.82, 2.24) is 4.98 Å². The molecule has 0 aliphatic heterocycles. The molecule has 19 heavy (non-hydrogen) atoms. The zero-order chi connectivity index (χ0) is 13.8. The Morgan fingerprint density at radius 3 is 2.63 bits per heavy atom. The first-order chi connectivity index (χ1) is 9.08. The summed E-state index contributed by atoms with van der Waals surface area (Å²) >= 11 is 0. The number of pyridine rings is 1. The molecule has 0 bridgehead atoms. The Kier molecular flexibility index (Phi) is 3.79. The Balaban J connectivity index is 2.10. The van der Waals surface area contributed by atoms with E-state index in [4.69, 9.17) is 0 Å². The summed E-state index contributed by atoms with van der Waals surface area (Å²) in [6.45, 7) is 0. The Morgan fingerprint density at radius 1 is 1.16 bits per heavy atom. The van der Waals surface area contributed by atoms with Crippen molar-refractivity contribution in [2.45, 2.75) is 6.42 Å². The van der Waals surface area contributed by atoms with Crippen molar-refractivity contribution in [1.29, 1.82) is 0 Å². The number of carbonyl (C=O) groups excluding carboxylic acids is 1. The van der Waals surface area contributed by atoms with E-state index in [-0.39, 0.29) is 5.56 Å². The lowest BCUT2D eigenvalue weighted by Gasteiger charge is -2.06. The SMILES string of the molecule is O=C(Cc1ccc(F)c(F)c1F)Nc1cccnc1. The van der Waals surface area contributed by atoms with Crippen molar-refractivity contribution in [2.75, 3.05) is 5.32 Å². The van der Waals surface area contributed by atoms with Gasteiger partial charge in [0.1, 0.15) is 0 Å². The van der Waals surface area contributed by atoms with Gasteiger partial charge < -0.3 is 5.32 Å². The molecule has 0 aliphatic carbocycles. The van der Waals surface area contributed by atoms with Crippen LogP contribution in [0.4, 0.5) is 18.9 Å². The third-order valence-electron chi connectivity index (χ3n) is 2.41. The molecule has 1 aromatic carbocycles. The van der Waals surface area contributed by atoms with Crippen LogP contribution in [0.15, 0.2) is 36.7 Å². The van der Waals surface area contributed by atoms with Gasteiger partial charge in [-0.25, -0.2) is 13.2 Å². The Hall–Kier alpha value is -2.37. The van der Waals surface area contributed by atoms with Crippen molar-refractivity contribution in [3.8, 4) is 0 Å². The Labute approximate surface area is 107 Å². The molecule has 1 amide bonds. The fraction of sp³-hybridized carbons (Fsp3) is 0.0769. The summed E-state index contributed by atoms with van der Waals surface area (Å²) < 4.78 is 39.1. The Bertz CT molecular complexity index is 602. The zero-order valence-electron chi connectivity index (χ0n) is 9.66. The molecule has 3 nitrogen and oxygen atoms in total. The van der Waals surface area contributed by atoms with Gasteiger partial charge in [0.25, 0.3) is 0 Å². The van der Waals surface area contributed by atoms with Gasteiger partial charge in [-0.05, 0) is 18.2 Å². The lowest BCUT2D eigenvalue weighted by molar-refractivity contribution is -0.115. The predicted molar refractivity (Wildman–Crippen MR) is 62.9 cm³/mol. The molecular weight excluding hydrogens is 257 g/mol. The molecule has 0 spiro atoms. The maximum absolute atomic E-state index is 13.4. The predicted octanol–water partition coefficient (Wildman–Crippen LogP) is 2.68. The van der Waals surface area contributed by atoms with Crippen LogP contribution < -0.4 is 5.32 Å². The molecule has 0 radical (unpaired) electrons. The summed E-state index contributed by atoms with van der Waals surface area (Å²) in [5, 5.41) is 2.47. The van der Waals surface area contributed by atoms with E-state index in [1.807, 2.05) is 0 Å². The summed E-state index contributed by atoms with van der Waals surface area (Å²) in [7, 11) is 0. The number of nitrogens with one attached hydrogen (secondary N) is 1. The van der Waals surface area contributed by atoms with Crippen molar-refractivity contribution in [2.24, 2.45) is 0 Å². The summed E-state index contributed by atoms with van der Waals surface area (Å²) in [6, 6.07) is 5.04. The molecule has 98 valence electrons. The maximum atomic E-state index is 13.4. The van der Waals surface area contributed by atoms with Crippen LogP contribution in [0.3, 0.4) is 0 Å². The van der Waals surface area contributed by atoms with Gasteiger partial charge in [0.15, 0.2) is 17.5 Å². The summed E-state index contributed by atoms with van der Waals surface area (Å²) in [4.78, 5) is 15.4. The Morgan fingerprint density at radius 2 is 1.95 bits per heavy atom. The number of amides is 1. The van der Waals surface area contributed by atoms with E-state index < -0.39 is 29.8 Å². The quantitative estimate of drug-likeness (QED) is 0.868. The third kappa shape index (κ3) is 3.09. The van der Waals surface area contributed by atoms with Crippen molar-refractivity contribution in [3.63, 3.8) is 0 Å². The number of nitrogens with zero attached hydrogens (tertiary/aromatic N) is 1. The molecule has 2 rings (SSSR count). The fourth-order valence-electron chi connectivity index (χ4n) is 1.52. The van der Waals surface area contributed by atoms with Crippen molar-refractivity contribution < 1.29 is 18.0 Å². The first-order valence-corrected chi connectivity index (χ1v) is 5.40. The second kappa shape index (κ2) is 5.51. The van der Waals surface area contributed by atoms with Gasteiger partial charge in [-0.1, -0.05) is 6.07 Å². The highest BCUT2D eigenvalue weighted by atomic mass is 19.2. The molecule has 2 aromatic rings. The van der Waals surface area contributed by atoms with Crippen LogP contribution >= 0.6 is 0 Å². The highest BCUT2D eigenvalue weighted by Crippen LogP contribution is 2.16. The van der Waals surface area contributed by atoms with Gasteiger partial charge in [-0.15, -0.1) is 0 Å². The first-order valence-electron chi connectivity index (χ1n) is 5.40. The van der Waals surface area contributed by atoms with E-state index >= 15 is 0 Å². The molecule has 1 aromatic heterocycles. The molecule has 0 fully saturated rings. The van der Waals surface area contributed by atoms with Crippen molar-refractivity contribution in [3.05, 3.63) is 59.7 Å². The number of aromatic nitrogens is 1. The molecular formula is C13H9F3N2O. The smallest absolute Gasteiger partial charge is 0.228 e. The third-order valence-corrected chi connectivity index (χ3v) is 2.41. The second-order valence-corrected chi connectivity index (χ2v) is 3.80. The van der Waals surface area contributed by atoms with Gasteiger partial charge >= 0.3 is 0 Å². The highest BCUT2D eigenvalue weighted by molar-refractivity contribution is 5.92. The van der Waals surface area contributed by atoms with Crippen LogP contribution in [-0.4, -0.2) is 10.9 Å². The van der Waals surface area contributed by atoms with E-state index in [1.165, 1.54) is 12.4 Å². The first kappa shape index (κ1) is 13.1. The monoisotopic (exact) mass is 266 g/mol. The van der Waals surface area contributed by atoms with Crippen LogP contribution in [0.5, 0.6) is 0 Å². The number of benzene rings is 1. The minimum Gasteiger partial charge on any atom is -0.324 e. The molecule has 0 atom stereocenters. The van der Waals surface area contributed by atoms with Crippen molar-refractivity contribution >= 4 is 11.6 Å². The van der Waals surface area contributed by atoms with Gasteiger partial charge in [0, 0.05) is 11.8 Å². The van der Waals surface area contributed by atoms with E-state index in [0.29, 0.717) is 5.69 Å². The number of halogens is 3. The number of carbonyl (C=O) groups is 1. The van der Waals surface area contributed by atoms with Crippen LogP contribution in [0.25, 0.3) is 0 Å². The molecule has 0 aliphatic rings. The molecule has 0 unspecified atom stereocenters. The van der Waals surface area contributed by atoms with Gasteiger partial charge in [-0.3, -0.25) is 9.78 Å². The van der Waals surface area contributed by atoms with Crippen LogP contribution in [-0.2, 0) is 11.2 Å². The number of hydrogen-bond donors (Lipinski definition) is 1. The fourth-order valence-corrected chi connectivity index (χ4v) is 1.52. The minimum absolute atomic E-state index is 0.208. The average molecular weight is 266 g/mol. The summed E-state index contributed by atoms with van der Waals surface area (Å²) in [6.07, 6.45) is 2.56. The zero-order valence-corrected chi connectivity index (χ0v) is 9.66. The normalized spacial score (nSPS) is 10.3. The van der Waals surface area contributed by atoms with Gasteiger partial charge in [-0.2, -0.15) is 0 Å². The largest absolute Gasteiger partial charge is 0.324 e. The molecule has 6 heteroatoms. The van der Waals surface area contributed by atoms with Gasteiger partial charge in [0.2, 0.25) is 5.91 Å². The van der Waals surface area contributed by atoms with E-state index in [0.717, 1.165) is 12.1 Å². The number of rotatable bonds is 3. The average Bonchev–Trinajstić information content (AvgIpc) is 2.41. The van der Waals surface area contributed by atoms with E-state index in [2.05, 4.69) is 10.3 Å². The highest BCUT2D eigenvalue weighted by Gasteiger charge is 2.15. The lowest BCUT2D eigenvalue weighted by atomic mass is 10.1. The molecule has 1 N–H and O–H groups in total. The lowest BCUT2D eigenvalue weighted by Crippen LogP contribution is -2.16. The standard InChI is InChI=1S/C13H9F3N2O/c14-10-4-3-8(12(15)13(10)16)6-11(19)18-9-2-1-5-17-7-9/h1-5,7H,6H2,(H,18,19). The number of hydrogen-bond acceptors (Lipinski definition) is 2. The molecule has 0 saturated carbocycles. The molecule has 1 heterocycles. The van der Waals surface area contributed by atoms with Crippen LogP contribution in [0.1, 0.15) is 5.56 Å². The maximum Gasteiger partial charge on any atom is 0.228 e. The number of anilines is 1.